The van der Waals surface area contributed by atoms with Gasteiger partial charge in [0, 0.05) is 0 Å². The summed E-state index contributed by atoms with van der Waals surface area (Å²) in [7, 11) is 0. The van der Waals surface area contributed by atoms with Crippen LogP contribution in [0.15, 0.2) is 170 Å². The van der Waals surface area contributed by atoms with Crippen LogP contribution in [0.1, 0.15) is 0 Å². The molecule has 0 N–H and O–H groups in total. The molecule has 0 fully saturated rings. The van der Waals surface area contributed by atoms with Gasteiger partial charge in [0.1, 0.15) is 0 Å². The smallest absolute Gasteiger partial charge is 0.00259 e. The Bertz CT molecular complexity index is 2070. The van der Waals surface area contributed by atoms with Gasteiger partial charge >= 0.3 is 0 Å². The van der Waals surface area contributed by atoms with Crippen molar-refractivity contribution in [1.82, 2.24) is 0 Å². The van der Waals surface area contributed by atoms with Gasteiger partial charge in [0.15, 0.2) is 0 Å². The average molecular weight is 533 g/mol. The van der Waals surface area contributed by atoms with Crippen LogP contribution in [0.4, 0.5) is 0 Å². The first-order chi connectivity index (χ1) is 20.8. The molecule has 0 aliphatic heterocycles. The van der Waals surface area contributed by atoms with Crippen molar-refractivity contribution < 1.29 is 0 Å². The molecule has 0 saturated heterocycles. The second-order valence-electron chi connectivity index (χ2n) is 10.9. The van der Waals surface area contributed by atoms with Crippen LogP contribution in [0.3, 0.4) is 0 Å². The highest BCUT2D eigenvalue weighted by Gasteiger charge is 2.15. The molecule has 0 amide bonds. The molecule has 0 heterocycles. The summed E-state index contributed by atoms with van der Waals surface area (Å²) in [4.78, 5) is 0. The molecule has 0 heteroatoms. The van der Waals surface area contributed by atoms with Crippen LogP contribution < -0.4 is 0 Å². The molecular formula is C42H28. The minimum atomic E-state index is 1.23. The van der Waals surface area contributed by atoms with Crippen molar-refractivity contribution in [3.63, 3.8) is 0 Å². The fraction of sp³-hybridized carbons (Fsp3) is 0. The summed E-state index contributed by atoms with van der Waals surface area (Å²) in [6.45, 7) is 0. The maximum absolute atomic E-state index is 2.40. The van der Waals surface area contributed by atoms with E-state index in [-0.39, 0.29) is 0 Å². The van der Waals surface area contributed by atoms with Crippen LogP contribution in [0, 0.1) is 0 Å². The van der Waals surface area contributed by atoms with E-state index in [9.17, 15) is 0 Å². The van der Waals surface area contributed by atoms with Crippen molar-refractivity contribution in [2.24, 2.45) is 0 Å². The Morgan fingerprint density at radius 2 is 0.595 bits per heavy atom. The lowest BCUT2D eigenvalue weighted by molar-refractivity contribution is 1.60. The number of hydrogen-bond acceptors (Lipinski definition) is 0. The van der Waals surface area contributed by atoms with E-state index >= 15 is 0 Å². The monoisotopic (exact) mass is 532 g/mol. The third-order valence-electron chi connectivity index (χ3n) is 8.42. The molecule has 0 saturated carbocycles. The van der Waals surface area contributed by atoms with E-state index in [2.05, 4.69) is 170 Å². The lowest BCUT2D eigenvalue weighted by atomic mass is 9.87. The summed E-state index contributed by atoms with van der Waals surface area (Å²) in [5, 5.41) is 7.70. The zero-order valence-electron chi connectivity index (χ0n) is 23.2. The quantitative estimate of drug-likeness (QED) is 0.198. The van der Waals surface area contributed by atoms with Crippen LogP contribution in [-0.4, -0.2) is 0 Å². The van der Waals surface area contributed by atoms with E-state index in [1.165, 1.54) is 76.8 Å². The Morgan fingerprint density at radius 1 is 0.238 bits per heavy atom. The number of rotatable bonds is 4. The summed E-state index contributed by atoms with van der Waals surface area (Å²) in [6.07, 6.45) is 0. The van der Waals surface area contributed by atoms with E-state index in [0.29, 0.717) is 0 Å². The molecule has 0 atom stereocenters. The van der Waals surface area contributed by atoms with Gasteiger partial charge in [-0.15, -0.1) is 0 Å². The largest absolute Gasteiger partial charge is 0.0622 e. The molecule has 0 aliphatic carbocycles. The van der Waals surface area contributed by atoms with E-state index in [0.717, 1.165) is 0 Å². The number of fused-ring (bicyclic) bond motifs is 5. The molecule has 0 spiro atoms. The summed E-state index contributed by atoms with van der Waals surface area (Å²) in [6, 6.07) is 61.7. The third-order valence-corrected chi connectivity index (χ3v) is 8.42. The maximum Gasteiger partial charge on any atom is -0.00259 e. The Hall–Kier alpha value is -5.46. The normalized spacial score (nSPS) is 11.3. The summed E-state index contributed by atoms with van der Waals surface area (Å²) >= 11 is 0. The summed E-state index contributed by atoms with van der Waals surface area (Å²) in [5.41, 5.74) is 9.91. The zero-order chi connectivity index (χ0) is 27.9. The zero-order valence-corrected chi connectivity index (χ0v) is 23.2. The maximum atomic E-state index is 2.40. The summed E-state index contributed by atoms with van der Waals surface area (Å²) in [5.74, 6) is 0. The van der Waals surface area contributed by atoms with Crippen molar-refractivity contribution in [2.75, 3.05) is 0 Å². The second-order valence-corrected chi connectivity index (χ2v) is 10.9. The van der Waals surface area contributed by atoms with Crippen LogP contribution in [0.25, 0.3) is 76.8 Å². The van der Waals surface area contributed by atoms with Crippen molar-refractivity contribution in [3.8, 4) is 44.5 Å². The number of benzene rings is 8. The Labute approximate surface area is 246 Å². The molecular weight excluding hydrogens is 504 g/mol. The summed E-state index contributed by atoms with van der Waals surface area (Å²) < 4.78 is 0. The topological polar surface area (TPSA) is 0 Å². The molecule has 0 bridgehead atoms. The fourth-order valence-electron chi connectivity index (χ4n) is 6.45. The Kier molecular flexibility index (Phi) is 5.90. The predicted octanol–water partition coefficient (Wildman–Crippen LogP) is 11.8. The van der Waals surface area contributed by atoms with Crippen molar-refractivity contribution >= 4 is 32.3 Å². The molecule has 0 aromatic heterocycles. The standard InChI is InChI=1S/C42H28/c1-3-13-29(14-4-1)31-17-11-19-33(25-31)40-27-35-28-41(34-20-12-18-32(26-34)30-15-5-2-6-16-30)37-22-8-10-24-39(37)42(35)38-23-9-7-21-36(38)40/h1-28H. The molecule has 8 aromatic rings. The first kappa shape index (κ1) is 24.3. The lowest BCUT2D eigenvalue weighted by Crippen LogP contribution is -1.90. The minimum Gasteiger partial charge on any atom is -0.0622 e. The molecule has 196 valence electrons. The van der Waals surface area contributed by atoms with Crippen molar-refractivity contribution in [3.05, 3.63) is 170 Å². The van der Waals surface area contributed by atoms with Crippen LogP contribution in [0.5, 0.6) is 0 Å². The predicted molar refractivity (Wildman–Crippen MR) is 181 cm³/mol. The van der Waals surface area contributed by atoms with Crippen molar-refractivity contribution in [1.29, 1.82) is 0 Å². The average Bonchev–Trinajstić information content (AvgIpc) is 3.08. The van der Waals surface area contributed by atoms with Gasteiger partial charge in [-0.2, -0.15) is 0 Å². The highest BCUT2D eigenvalue weighted by Crippen LogP contribution is 2.42. The number of hydrogen-bond donors (Lipinski definition) is 0. The molecule has 8 rings (SSSR count). The van der Waals surface area contributed by atoms with Gasteiger partial charge in [0.2, 0.25) is 0 Å². The molecule has 0 unspecified atom stereocenters. The second kappa shape index (κ2) is 10.2. The minimum absolute atomic E-state index is 1.23. The lowest BCUT2D eigenvalue weighted by Gasteiger charge is -2.17. The van der Waals surface area contributed by atoms with Gasteiger partial charge in [0.05, 0.1) is 0 Å². The van der Waals surface area contributed by atoms with E-state index < -0.39 is 0 Å². The van der Waals surface area contributed by atoms with Crippen LogP contribution in [-0.2, 0) is 0 Å². The van der Waals surface area contributed by atoms with Gasteiger partial charge in [-0.05, 0) is 101 Å². The third kappa shape index (κ3) is 4.17. The first-order valence-corrected chi connectivity index (χ1v) is 14.5. The Morgan fingerprint density at radius 3 is 1.05 bits per heavy atom. The van der Waals surface area contributed by atoms with Gasteiger partial charge < -0.3 is 0 Å². The fourth-order valence-corrected chi connectivity index (χ4v) is 6.45. The van der Waals surface area contributed by atoms with Crippen LogP contribution >= 0.6 is 0 Å². The Balaban J connectivity index is 1.40. The first-order valence-electron chi connectivity index (χ1n) is 14.5. The molecule has 0 nitrogen and oxygen atoms in total. The van der Waals surface area contributed by atoms with E-state index in [1.807, 2.05) is 0 Å². The van der Waals surface area contributed by atoms with E-state index in [4.69, 9.17) is 0 Å². The van der Waals surface area contributed by atoms with Gasteiger partial charge in [-0.3, -0.25) is 0 Å². The molecule has 42 heavy (non-hydrogen) atoms. The molecule has 8 aromatic carbocycles. The SMILES string of the molecule is c1ccc(-c2cccc(-c3cc4cc(-c5cccc(-c6ccccc6)c5)c5ccccc5c4c4ccccc34)c2)cc1. The van der Waals surface area contributed by atoms with Crippen LogP contribution in [0.2, 0.25) is 0 Å². The van der Waals surface area contributed by atoms with Gasteiger partial charge in [-0.1, -0.05) is 146 Å². The van der Waals surface area contributed by atoms with Gasteiger partial charge in [0.25, 0.3) is 0 Å². The highest BCUT2D eigenvalue weighted by atomic mass is 14.2. The highest BCUT2D eigenvalue weighted by molar-refractivity contribution is 6.25. The van der Waals surface area contributed by atoms with Crippen molar-refractivity contribution in [2.45, 2.75) is 0 Å². The van der Waals surface area contributed by atoms with E-state index in [1.54, 1.807) is 0 Å². The van der Waals surface area contributed by atoms with Gasteiger partial charge in [-0.25, -0.2) is 0 Å². The molecule has 0 aliphatic rings. The molecule has 0 radical (unpaired) electrons.